The SMILES string of the molecule is CCN(CCC(=O)O)C(=O)CCc1cccc(C(=O)NC)c1. The van der Waals surface area contributed by atoms with E-state index in [-0.39, 0.29) is 24.8 Å². The second kappa shape index (κ2) is 8.81. The second-order valence-electron chi connectivity index (χ2n) is 4.90. The Labute approximate surface area is 130 Å². The maximum atomic E-state index is 12.1. The topological polar surface area (TPSA) is 86.7 Å². The molecule has 22 heavy (non-hydrogen) atoms. The van der Waals surface area contributed by atoms with Crippen LogP contribution in [0, 0.1) is 0 Å². The van der Waals surface area contributed by atoms with Crippen LogP contribution in [0.5, 0.6) is 0 Å². The summed E-state index contributed by atoms with van der Waals surface area (Å²) in [4.78, 5) is 35.8. The van der Waals surface area contributed by atoms with Gasteiger partial charge in [0.15, 0.2) is 0 Å². The number of nitrogens with zero attached hydrogens (tertiary/aromatic N) is 1. The maximum absolute atomic E-state index is 12.1. The molecular formula is C16H22N2O4. The quantitative estimate of drug-likeness (QED) is 0.758. The number of aliphatic carboxylic acids is 1. The number of carboxylic acid groups (broad SMARTS) is 1. The zero-order valence-corrected chi connectivity index (χ0v) is 13.0. The first-order chi connectivity index (χ1) is 10.5. The van der Waals surface area contributed by atoms with Crippen LogP contribution in [-0.2, 0) is 16.0 Å². The highest BCUT2D eigenvalue weighted by Gasteiger charge is 2.13. The van der Waals surface area contributed by atoms with Gasteiger partial charge in [0.25, 0.3) is 5.91 Å². The number of amides is 2. The molecule has 0 fully saturated rings. The second-order valence-corrected chi connectivity index (χ2v) is 4.90. The van der Waals surface area contributed by atoms with Crippen LogP contribution in [-0.4, -0.2) is 47.9 Å². The van der Waals surface area contributed by atoms with Crippen LogP contribution in [0.25, 0.3) is 0 Å². The Balaban J connectivity index is 2.59. The van der Waals surface area contributed by atoms with Crippen LogP contribution in [0.15, 0.2) is 24.3 Å². The summed E-state index contributed by atoms with van der Waals surface area (Å²) in [5.74, 6) is -1.15. The number of nitrogens with one attached hydrogen (secondary N) is 1. The van der Waals surface area contributed by atoms with Gasteiger partial charge in [-0.1, -0.05) is 12.1 Å². The van der Waals surface area contributed by atoms with Gasteiger partial charge >= 0.3 is 5.97 Å². The van der Waals surface area contributed by atoms with E-state index < -0.39 is 5.97 Å². The summed E-state index contributed by atoms with van der Waals surface area (Å²) in [6.45, 7) is 2.54. The van der Waals surface area contributed by atoms with Gasteiger partial charge in [-0.2, -0.15) is 0 Å². The Morgan fingerprint density at radius 2 is 1.95 bits per heavy atom. The third-order valence-electron chi connectivity index (χ3n) is 3.37. The van der Waals surface area contributed by atoms with Crippen molar-refractivity contribution < 1.29 is 19.5 Å². The molecule has 0 saturated carbocycles. The number of carbonyl (C=O) groups excluding carboxylic acids is 2. The first kappa shape index (κ1) is 17.7. The summed E-state index contributed by atoms with van der Waals surface area (Å²) in [7, 11) is 1.57. The summed E-state index contributed by atoms with van der Waals surface area (Å²) in [6, 6.07) is 7.13. The van der Waals surface area contributed by atoms with Gasteiger partial charge in [0.05, 0.1) is 6.42 Å². The van der Waals surface area contributed by atoms with E-state index >= 15 is 0 Å². The summed E-state index contributed by atoms with van der Waals surface area (Å²) in [5, 5.41) is 11.2. The fraction of sp³-hybridized carbons (Fsp3) is 0.438. The van der Waals surface area contributed by atoms with Crippen LogP contribution in [0.3, 0.4) is 0 Å². The molecule has 0 radical (unpaired) electrons. The molecule has 2 N–H and O–H groups in total. The highest BCUT2D eigenvalue weighted by molar-refractivity contribution is 5.94. The van der Waals surface area contributed by atoms with Crippen molar-refractivity contribution in [2.45, 2.75) is 26.2 Å². The third-order valence-corrected chi connectivity index (χ3v) is 3.37. The smallest absolute Gasteiger partial charge is 0.305 e. The van der Waals surface area contributed by atoms with Gasteiger partial charge in [-0.05, 0) is 31.0 Å². The van der Waals surface area contributed by atoms with Crippen molar-refractivity contribution in [3.05, 3.63) is 35.4 Å². The molecule has 120 valence electrons. The molecule has 0 aliphatic carbocycles. The van der Waals surface area contributed by atoms with Crippen molar-refractivity contribution in [1.82, 2.24) is 10.2 Å². The lowest BCUT2D eigenvalue weighted by Gasteiger charge is -2.20. The highest BCUT2D eigenvalue weighted by Crippen LogP contribution is 2.09. The van der Waals surface area contributed by atoms with E-state index in [1.54, 1.807) is 25.2 Å². The van der Waals surface area contributed by atoms with E-state index in [9.17, 15) is 14.4 Å². The summed E-state index contributed by atoms with van der Waals surface area (Å²) < 4.78 is 0. The molecule has 0 saturated heterocycles. The molecule has 0 aromatic heterocycles. The average molecular weight is 306 g/mol. The summed E-state index contributed by atoms with van der Waals surface area (Å²) in [6.07, 6.45) is 0.767. The van der Waals surface area contributed by atoms with Crippen molar-refractivity contribution in [2.24, 2.45) is 0 Å². The fourth-order valence-corrected chi connectivity index (χ4v) is 2.11. The van der Waals surface area contributed by atoms with Crippen molar-refractivity contribution in [3.8, 4) is 0 Å². The lowest BCUT2D eigenvalue weighted by Crippen LogP contribution is -2.33. The number of hydrogen-bond acceptors (Lipinski definition) is 3. The number of rotatable bonds is 8. The predicted octanol–water partition coefficient (Wildman–Crippen LogP) is 1.30. The van der Waals surface area contributed by atoms with Gasteiger partial charge in [-0.3, -0.25) is 14.4 Å². The van der Waals surface area contributed by atoms with Crippen LogP contribution in [0.1, 0.15) is 35.7 Å². The van der Waals surface area contributed by atoms with E-state index in [0.29, 0.717) is 24.9 Å². The minimum absolute atomic E-state index is 0.0499. The van der Waals surface area contributed by atoms with E-state index in [2.05, 4.69) is 5.32 Å². The highest BCUT2D eigenvalue weighted by atomic mass is 16.4. The molecule has 6 heteroatoms. The zero-order chi connectivity index (χ0) is 16.5. The van der Waals surface area contributed by atoms with Crippen LogP contribution < -0.4 is 5.32 Å². The standard InChI is InChI=1S/C16H22N2O4/c1-3-18(10-9-15(20)21)14(19)8-7-12-5-4-6-13(11-12)16(22)17-2/h4-6,11H,3,7-10H2,1-2H3,(H,17,22)(H,20,21). The number of hydrogen-bond donors (Lipinski definition) is 2. The monoisotopic (exact) mass is 306 g/mol. The van der Waals surface area contributed by atoms with E-state index in [4.69, 9.17) is 5.11 Å². The third kappa shape index (κ3) is 5.55. The molecular weight excluding hydrogens is 284 g/mol. The Bertz CT molecular complexity index is 543. The van der Waals surface area contributed by atoms with Crippen LogP contribution >= 0.6 is 0 Å². The first-order valence-electron chi connectivity index (χ1n) is 7.28. The van der Waals surface area contributed by atoms with Gasteiger partial charge in [0.1, 0.15) is 0 Å². The minimum Gasteiger partial charge on any atom is -0.481 e. The summed E-state index contributed by atoms with van der Waals surface area (Å²) in [5.41, 5.74) is 1.47. The van der Waals surface area contributed by atoms with Crippen LogP contribution in [0.4, 0.5) is 0 Å². The van der Waals surface area contributed by atoms with Gasteiger partial charge in [-0.25, -0.2) is 0 Å². The molecule has 1 aromatic rings. The molecule has 1 rings (SSSR count). The molecule has 0 bridgehead atoms. The molecule has 1 aromatic carbocycles. The molecule has 0 heterocycles. The van der Waals surface area contributed by atoms with E-state index in [0.717, 1.165) is 5.56 Å². The number of benzene rings is 1. The molecule has 0 aliphatic rings. The predicted molar refractivity (Wildman–Crippen MR) is 82.7 cm³/mol. The van der Waals surface area contributed by atoms with Gasteiger partial charge in [-0.15, -0.1) is 0 Å². The maximum Gasteiger partial charge on any atom is 0.305 e. The lowest BCUT2D eigenvalue weighted by molar-refractivity contribution is -0.138. The number of carboxylic acids is 1. The normalized spacial score (nSPS) is 10.1. The average Bonchev–Trinajstić information content (AvgIpc) is 2.52. The molecule has 0 unspecified atom stereocenters. The number of aryl methyl sites for hydroxylation is 1. The molecule has 0 spiro atoms. The lowest BCUT2D eigenvalue weighted by atomic mass is 10.1. The number of carbonyl (C=O) groups is 3. The Kier molecular flexibility index (Phi) is 7.08. The van der Waals surface area contributed by atoms with Gasteiger partial charge in [0, 0.05) is 32.1 Å². The minimum atomic E-state index is -0.912. The largest absolute Gasteiger partial charge is 0.481 e. The van der Waals surface area contributed by atoms with Gasteiger partial charge in [0.2, 0.25) is 5.91 Å². The Morgan fingerprint density at radius 1 is 1.23 bits per heavy atom. The van der Waals surface area contributed by atoms with Gasteiger partial charge < -0.3 is 15.3 Å². The summed E-state index contributed by atoms with van der Waals surface area (Å²) >= 11 is 0. The fourth-order valence-electron chi connectivity index (χ4n) is 2.11. The van der Waals surface area contributed by atoms with Crippen molar-refractivity contribution in [1.29, 1.82) is 0 Å². The van der Waals surface area contributed by atoms with Crippen molar-refractivity contribution in [3.63, 3.8) is 0 Å². The van der Waals surface area contributed by atoms with Crippen molar-refractivity contribution >= 4 is 17.8 Å². The van der Waals surface area contributed by atoms with Crippen LogP contribution in [0.2, 0.25) is 0 Å². The molecule has 0 atom stereocenters. The van der Waals surface area contributed by atoms with E-state index in [1.165, 1.54) is 4.90 Å². The molecule has 6 nitrogen and oxygen atoms in total. The first-order valence-corrected chi connectivity index (χ1v) is 7.28. The van der Waals surface area contributed by atoms with Crippen molar-refractivity contribution in [2.75, 3.05) is 20.1 Å². The molecule has 0 aliphatic heterocycles. The molecule has 2 amide bonds. The Morgan fingerprint density at radius 3 is 2.55 bits per heavy atom. The Hall–Kier alpha value is -2.37. The van der Waals surface area contributed by atoms with E-state index in [1.807, 2.05) is 13.0 Å². The zero-order valence-electron chi connectivity index (χ0n) is 13.0.